The first kappa shape index (κ1) is 10.7. The van der Waals surface area contributed by atoms with E-state index in [1.165, 1.54) is 44.2 Å². The van der Waals surface area contributed by atoms with Gasteiger partial charge < -0.3 is 5.32 Å². The Morgan fingerprint density at radius 2 is 1.87 bits per heavy atom. The van der Waals surface area contributed by atoms with Gasteiger partial charge in [0.1, 0.15) is 0 Å². The van der Waals surface area contributed by atoms with Gasteiger partial charge in [-0.15, -0.1) is 0 Å². The summed E-state index contributed by atoms with van der Waals surface area (Å²) in [7, 11) is 0. The van der Waals surface area contributed by atoms with Crippen molar-refractivity contribution in [2.24, 2.45) is 5.92 Å². The van der Waals surface area contributed by atoms with Crippen molar-refractivity contribution >= 4 is 0 Å². The van der Waals surface area contributed by atoms with E-state index in [1.54, 1.807) is 0 Å². The molecule has 1 N–H and O–H groups in total. The van der Waals surface area contributed by atoms with Crippen molar-refractivity contribution in [3.63, 3.8) is 0 Å². The first-order valence-electron chi connectivity index (χ1n) is 6.11. The Hall–Kier alpha value is -0.820. The molecular formula is C14H20N. The Bertz CT molecular complexity index is 262. The number of hydrogen-bond acceptors (Lipinski definition) is 1. The van der Waals surface area contributed by atoms with E-state index in [0.29, 0.717) is 0 Å². The first-order valence-corrected chi connectivity index (χ1v) is 6.11. The summed E-state index contributed by atoms with van der Waals surface area (Å²) in [5.41, 5.74) is 1.37. The largest absolute Gasteiger partial charge is 0.312 e. The molecule has 15 heavy (non-hydrogen) atoms. The zero-order valence-corrected chi connectivity index (χ0v) is 9.34. The second-order valence-corrected chi connectivity index (χ2v) is 4.54. The maximum Gasteiger partial charge on any atom is 0.0205 e. The highest BCUT2D eigenvalue weighted by Gasteiger charge is 2.12. The van der Waals surface area contributed by atoms with Crippen LogP contribution in [-0.2, 0) is 6.54 Å². The molecule has 1 fully saturated rings. The Kier molecular flexibility index (Phi) is 4.22. The molecule has 0 amide bonds. The van der Waals surface area contributed by atoms with Crippen LogP contribution in [0.2, 0.25) is 0 Å². The monoisotopic (exact) mass is 202 g/mol. The van der Waals surface area contributed by atoms with Gasteiger partial charge in [0.25, 0.3) is 0 Å². The minimum atomic E-state index is 0.925. The molecule has 1 aliphatic carbocycles. The highest BCUT2D eigenvalue weighted by molar-refractivity contribution is 5.13. The molecule has 81 valence electrons. The fourth-order valence-electron chi connectivity index (χ4n) is 2.35. The van der Waals surface area contributed by atoms with E-state index in [2.05, 4.69) is 23.5 Å². The van der Waals surface area contributed by atoms with Crippen LogP contribution in [0, 0.1) is 12.0 Å². The standard InChI is InChI=1S/C14H20N/c1-3-7-13(8-4-1)11-15-12-14-9-5-2-6-10-14/h5-6,9-10,13,15H,1,3-4,7-8,11-12H2. The summed E-state index contributed by atoms with van der Waals surface area (Å²) in [6.45, 7) is 2.20. The van der Waals surface area contributed by atoms with E-state index < -0.39 is 0 Å². The van der Waals surface area contributed by atoms with Crippen LogP contribution in [0.3, 0.4) is 0 Å². The quantitative estimate of drug-likeness (QED) is 0.791. The molecular weight excluding hydrogens is 182 g/mol. The minimum absolute atomic E-state index is 0.925. The Morgan fingerprint density at radius 1 is 1.13 bits per heavy atom. The van der Waals surface area contributed by atoms with Crippen molar-refractivity contribution in [3.8, 4) is 0 Å². The van der Waals surface area contributed by atoms with Crippen molar-refractivity contribution in [1.82, 2.24) is 5.32 Å². The summed E-state index contributed by atoms with van der Waals surface area (Å²) in [5.74, 6) is 0.925. The molecule has 1 aliphatic rings. The molecule has 1 aromatic rings. The molecule has 1 heteroatoms. The molecule has 1 saturated carbocycles. The summed E-state index contributed by atoms with van der Waals surface area (Å²) >= 11 is 0. The first-order chi connectivity index (χ1) is 7.45. The lowest BCUT2D eigenvalue weighted by atomic mass is 9.89. The van der Waals surface area contributed by atoms with E-state index >= 15 is 0 Å². The van der Waals surface area contributed by atoms with Crippen LogP contribution < -0.4 is 5.32 Å². The summed E-state index contributed by atoms with van der Waals surface area (Å²) in [4.78, 5) is 0. The van der Waals surface area contributed by atoms with Crippen molar-refractivity contribution in [1.29, 1.82) is 0 Å². The normalized spacial score (nSPS) is 17.9. The fraction of sp³-hybridized carbons (Fsp3) is 0.571. The maximum absolute atomic E-state index is 3.56. The van der Waals surface area contributed by atoms with Gasteiger partial charge in [-0.05, 0) is 36.9 Å². The van der Waals surface area contributed by atoms with Gasteiger partial charge in [-0.1, -0.05) is 43.5 Å². The lowest BCUT2D eigenvalue weighted by Crippen LogP contribution is -2.24. The van der Waals surface area contributed by atoms with Crippen molar-refractivity contribution in [2.75, 3.05) is 6.54 Å². The third kappa shape index (κ3) is 3.67. The van der Waals surface area contributed by atoms with Crippen LogP contribution in [-0.4, -0.2) is 6.54 Å². The Morgan fingerprint density at radius 3 is 2.60 bits per heavy atom. The molecule has 0 atom stereocenters. The molecule has 2 rings (SSSR count). The second-order valence-electron chi connectivity index (χ2n) is 4.54. The van der Waals surface area contributed by atoms with Gasteiger partial charge in [-0.3, -0.25) is 0 Å². The maximum atomic E-state index is 3.56. The molecule has 0 aromatic heterocycles. The van der Waals surface area contributed by atoms with Gasteiger partial charge >= 0.3 is 0 Å². The van der Waals surface area contributed by atoms with Crippen LogP contribution in [0.1, 0.15) is 37.7 Å². The molecule has 0 bridgehead atoms. The van der Waals surface area contributed by atoms with Gasteiger partial charge in [-0.2, -0.15) is 0 Å². The summed E-state index contributed by atoms with van der Waals surface area (Å²) in [5, 5.41) is 3.56. The SMILES string of the molecule is [c]1ccc(CNCC2CCCCC2)cc1. The number of rotatable bonds is 4. The second kappa shape index (κ2) is 5.92. The lowest BCUT2D eigenvalue weighted by Gasteiger charge is -2.21. The number of nitrogens with one attached hydrogen (secondary N) is 1. The summed E-state index contributed by atoms with van der Waals surface area (Å²) < 4.78 is 0. The van der Waals surface area contributed by atoms with E-state index in [4.69, 9.17) is 0 Å². The van der Waals surface area contributed by atoms with Crippen molar-refractivity contribution < 1.29 is 0 Å². The van der Waals surface area contributed by atoms with E-state index in [9.17, 15) is 0 Å². The average molecular weight is 202 g/mol. The van der Waals surface area contributed by atoms with Gasteiger partial charge in [0, 0.05) is 6.54 Å². The van der Waals surface area contributed by atoms with Crippen molar-refractivity contribution in [2.45, 2.75) is 38.6 Å². The molecule has 0 unspecified atom stereocenters. The lowest BCUT2D eigenvalue weighted by molar-refractivity contribution is 0.342. The van der Waals surface area contributed by atoms with Crippen molar-refractivity contribution in [3.05, 3.63) is 35.9 Å². The van der Waals surface area contributed by atoms with Crippen LogP contribution in [0.25, 0.3) is 0 Å². The minimum Gasteiger partial charge on any atom is -0.312 e. The highest BCUT2D eigenvalue weighted by atomic mass is 14.9. The molecule has 1 nitrogen and oxygen atoms in total. The topological polar surface area (TPSA) is 12.0 Å². The molecule has 0 saturated heterocycles. The number of hydrogen-bond donors (Lipinski definition) is 1. The molecule has 1 radical (unpaired) electrons. The Labute approximate surface area is 92.9 Å². The van der Waals surface area contributed by atoms with E-state index in [0.717, 1.165) is 12.5 Å². The van der Waals surface area contributed by atoms with Crippen LogP contribution in [0.15, 0.2) is 24.3 Å². The van der Waals surface area contributed by atoms with Crippen LogP contribution in [0.5, 0.6) is 0 Å². The Balaban J connectivity index is 1.66. The van der Waals surface area contributed by atoms with Gasteiger partial charge in [0.15, 0.2) is 0 Å². The predicted molar refractivity (Wildman–Crippen MR) is 63.6 cm³/mol. The van der Waals surface area contributed by atoms with E-state index in [1.807, 2.05) is 12.1 Å². The van der Waals surface area contributed by atoms with E-state index in [-0.39, 0.29) is 0 Å². The summed E-state index contributed by atoms with van der Waals surface area (Å²) in [6, 6.07) is 11.3. The molecule has 0 heterocycles. The average Bonchev–Trinajstić information content (AvgIpc) is 2.32. The third-order valence-electron chi connectivity index (χ3n) is 3.27. The molecule has 0 spiro atoms. The van der Waals surface area contributed by atoms with Gasteiger partial charge in [0.05, 0.1) is 0 Å². The summed E-state index contributed by atoms with van der Waals surface area (Å²) in [6.07, 6.45) is 7.18. The fourth-order valence-corrected chi connectivity index (χ4v) is 2.35. The molecule has 1 aromatic carbocycles. The van der Waals surface area contributed by atoms with Crippen LogP contribution >= 0.6 is 0 Å². The zero-order chi connectivity index (χ0) is 10.3. The number of benzene rings is 1. The van der Waals surface area contributed by atoms with Gasteiger partial charge in [-0.25, -0.2) is 0 Å². The predicted octanol–water partition coefficient (Wildman–Crippen LogP) is 3.16. The van der Waals surface area contributed by atoms with Gasteiger partial charge in [0.2, 0.25) is 0 Å². The molecule has 0 aliphatic heterocycles. The highest BCUT2D eigenvalue weighted by Crippen LogP contribution is 2.22. The smallest absolute Gasteiger partial charge is 0.0205 e. The van der Waals surface area contributed by atoms with Crippen LogP contribution in [0.4, 0.5) is 0 Å². The zero-order valence-electron chi connectivity index (χ0n) is 9.34. The third-order valence-corrected chi connectivity index (χ3v) is 3.27.